The Morgan fingerprint density at radius 1 is 1.38 bits per heavy atom. The summed E-state index contributed by atoms with van der Waals surface area (Å²) in [7, 11) is 0. The highest BCUT2D eigenvalue weighted by atomic mass is 19.2. The topological polar surface area (TPSA) is 75.6 Å². The number of carbonyl (C=O) groups is 2. The lowest BCUT2D eigenvalue weighted by molar-refractivity contribution is -0.142. The van der Waals surface area contributed by atoms with Crippen LogP contribution in [0.25, 0.3) is 0 Å². The second-order valence-corrected chi connectivity index (χ2v) is 4.83. The van der Waals surface area contributed by atoms with Crippen molar-refractivity contribution in [1.82, 2.24) is 5.32 Å². The van der Waals surface area contributed by atoms with E-state index in [9.17, 15) is 18.4 Å². The van der Waals surface area contributed by atoms with Gasteiger partial charge in [0, 0.05) is 12.5 Å². The van der Waals surface area contributed by atoms with Crippen molar-refractivity contribution in [3.05, 3.63) is 35.4 Å². The van der Waals surface area contributed by atoms with Gasteiger partial charge in [-0.1, -0.05) is 12.1 Å². The van der Waals surface area contributed by atoms with Crippen LogP contribution in [0, 0.1) is 17.6 Å². The first-order chi connectivity index (χ1) is 10.0. The van der Waals surface area contributed by atoms with Gasteiger partial charge in [-0.05, 0) is 24.0 Å². The van der Waals surface area contributed by atoms with Crippen LogP contribution in [0.4, 0.5) is 8.78 Å². The van der Waals surface area contributed by atoms with Gasteiger partial charge in [0.25, 0.3) is 0 Å². The van der Waals surface area contributed by atoms with Crippen molar-refractivity contribution in [2.45, 2.75) is 12.3 Å². The highest BCUT2D eigenvalue weighted by Gasteiger charge is 2.45. The van der Waals surface area contributed by atoms with Crippen LogP contribution in [0.1, 0.15) is 17.9 Å². The summed E-state index contributed by atoms with van der Waals surface area (Å²) >= 11 is 0. The fourth-order valence-corrected chi connectivity index (χ4v) is 2.17. The van der Waals surface area contributed by atoms with Crippen LogP contribution in [-0.2, 0) is 14.3 Å². The van der Waals surface area contributed by atoms with Crippen LogP contribution < -0.4 is 5.32 Å². The molecule has 1 aromatic rings. The summed E-state index contributed by atoms with van der Waals surface area (Å²) in [6.45, 7) is -0.152. The second kappa shape index (κ2) is 6.62. The molecule has 0 bridgehead atoms. The molecule has 7 heteroatoms. The van der Waals surface area contributed by atoms with E-state index in [2.05, 4.69) is 5.32 Å². The highest BCUT2D eigenvalue weighted by molar-refractivity contribution is 5.82. The van der Waals surface area contributed by atoms with Gasteiger partial charge in [-0.3, -0.25) is 4.79 Å². The molecule has 0 radical (unpaired) electrons. The smallest absolute Gasteiger partial charge is 0.329 e. The van der Waals surface area contributed by atoms with E-state index in [4.69, 9.17) is 9.84 Å². The average Bonchev–Trinajstić information content (AvgIpc) is 3.21. The molecule has 2 atom stereocenters. The number of amides is 1. The maximum Gasteiger partial charge on any atom is 0.329 e. The monoisotopic (exact) mass is 299 g/mol. The summed E-state index contributed by atoms with van der Waals surface area (Å²) in [4.78, 5) is 22.0. The highest BCUT2D eigenvalue weighted by Crippen LogP contribution is 2.48. The van der Waals surface area contributed by atoms with E-state index in [1.807, 2.05) is 0 Å². The minimum absolute atomic E-state index is 0.0871. The van der Waals surface area contributed by atoms with Crippen LogP contribution in [0.15, 0.2) is 18.2 Å². The van der Waals surface area contributed by atoms with Crippen molar-refractivity contribution in [3.63, 3.8) is 0 Å². The molecule has 114 valence electrons. The summed E-state index contributed by atoms with van der Waals surface area (Å²) < 4.78 is 31.5. The lowest BCUT2D eigenvalue weighted by Crippen LogP contribution is -2.29. The Labute approximate surface area is 119 Å². The predicted octanol–water partition coefficient (Wildman–Crippen LogP) is 1.29. The molecule has 1 aliphatic rings. The van der Waals surface area contributed by atoms with Crippen LogP contribution >= 0.6 is 0 Å². The molecule has 2 unspecified atom stereocenters. The van der Waals surface area contributed by atoms with Gasteiger partial charge in [0.1, 0.15) is 6.61 Å². The lowest BCUT2D eigenvalue weighted by atomic mass is 10.1. The Hall–Kier alpha value is -2.02. The number of hydrogen-bond acceptors (Lipinski definition) is 3. The summed E-state index contributed by atoms with van der Waals surface area (Å²) in [5.41, 5.74) is 0.220. The Morgan fingerprint density at radius 3 is 2.86 bits per heavy atom. The average molecular weight is 299 g/mol. The Balaban J connectivity index is 1.76. The third-order valence-electron chi connectivity index (χ3n) is 3.28. The molecular weight excluding hydrogens is 284 g/mol. The zero-order chi connectivity index (χ0) is 15.4. The van der Waals surface area contributed by atoms with Gasteiger partial charge in [0.05, 0.1) is 6.61 Å². The lowest BCUT2D eigenvalue weighted by Gasteiger charge is -2.06. The zero-order valence-corrected chi connectivity index (χ0v) is 11.1. The maximum absolute atomic E-state index is 13.6. The Morgan fingerprint density at radius 2 is 2.14 bits per heavy atom. The minimum Gasteiger partial charge on any atom is -0.480 e. The van der Waals surface area contributed by atoms with Crippen LogP contribution in [0.3, 0.4) is 0 Å². The van der Waals surface area contributed by atoms with E-state index in [-0.39, 0.29) is 36.5 Å². The Bertz CT molecular complexity index is 550. The molecule has 0 aromatic heterocycles. The number of carboxylic acids is 1. The van der Waals surface area contributed by atoms with Gasteiger partial charge in [-0.25, -0.2) is 13.6 Å². The molecule has 0 spiro atoms. The number of halogens is 2. The summed E-state index contributed by atoms with van der Waals surface area (Å²) in [6, 6.07) is 3.93. The molecule has 1 saturated carbocycles. The molecule has 21 heavy (non-hydrogen) atoms. The van der Waals surface area contributed by atoms with Crippen molar-refractivity contribution < 1.29 is 28.2 Å². The summed E-state index contributed by atoms with van der Waals surface area (Å²) in [5.74, 6) is -3.84. The number of ether oxygens (including phenoxy) is 1. The van der Waals surface area contributed by atoms with E-state index in [0.29, 0.717) is 6.42 Å². The second-order valence-electron chi connectivity index (χ2n) is 4.83. The predicted molar refractivity (Wildman–Crippen MR) is 68.7 cm³/mol. The van der Waals surface area contributed by atoms with Crippen molar-refractivity contribution in [3.8, 4) is 0 Å². The molecule has 0 aliphatic heterocycles. The van der Waals surface area contributed by atoms with Crippen molar-refractivity contribution in [2.24, 2.45) is 5.92 Å². The van der Waals surface area contributed by atoms with E-state index < -0.39 is 24.2 Å². The third-order valence-corrected chi connectivity index (χ3v) is 3.28. The molecule has 1 amide bonds. The molecule has 0 saturated heterocycles. The van der Waals surface area contributed by atoms with Gasteiger partial charge >= 0.3 is 5.97 Å². The number of hydrogen-bond donors (Lipinski definition) is 2. The van der Waals surface area contributed by atoms with E-state index in [1.54, 1.807) is 0 Å². The van der Waals surface area contributed by atoms with Crippen molar-refractivity contribution in [1.29, 1.82) is 0 Å². The summed E-state index contributed by atoms with van der Waals surface area (Å²) in [5, 5.41) is 10.9. The first-order valence-corrected chi connectivity index (χ1v) is 6.52. The fraction of sp³-hybridized carbons (Fsp3) is 0.429. The first-order valence-electron chi connectivity index (χ1n) is 6.52. The van der Waals surface area contributed by atoms with E-state index in [1.165, 1.54) is 12.1 Å². The van der Waals surface area contributed by atoms with Crippen LogP contribution in [-0.4, -0.2) is 36.7 Å². The van der Waals surface area contributed by atoms with Gasteiger partial charge in [0.15, 0.2) is 11.6 Å². The SMILES string of the molecule is O=C(O)COCCNC(=O)C1CC1c1cccc(F)c1F. The number of aliphatic carboxylic acids is 1. The summed E-state index contributed by atoms with van der Waals surface area (Å²) in [6.07, 6.45) is 0.474. The standard InChI is InChI=1S/C14H15F2NO4/c15-11-3-1-2-8(13(11)16)9-6-10(9)14(20)17-4-5-21-7-12(18)19/h1-3,9-10H,4-7H2,(H,17,20)(H,18,19). The van der Waals surface area contributed by atoms with Gasteiger partial charge in [-0.15, -0.1) is 0 Å². The van der Waals surface area contributed by atoms with E-state index in [0.717, 1.165) is 6.07 Å². The molecule has 0 heterocycles. The van der Waals surface area contributed by atoms with Crippen molar-refractivity contribution in [2.75, 3.05) is 19.8 Å². The number of carboxylic acid groups (broad SMARTS) is 1. The van der Waals surface area contributed by atoms with E-state index >= 15 is 0 Å². The normalized spacial score (nSPS) is 20.1. The first kappa shape index (κ1) is 15.4. The van der Waals surface area contributed by atoms with Gasteiger partial charge < -0.3 is 15.2 Å². The number of benzene rings is 1. The molecule has 1 aliphatic carbocycles. The largest absolute Gasteiger partial charge is 0.480 e. The van der Waals surface area contributed by atoms with Crippen LogP contribution in [0.5, 0.6) is 0 Å². The number of rotatable bonds is 7. The number of nitrogens with one attached hydrogen (secondary N) is 1. The molecular formula is C14H15F2NO4. The quantitative estimate of drug-likeness (QED) is 0.744. The molecule has 1 fully saturated rings. The molecule has 5 nitrogen and oxygen atoms in total. The molecule has 1 aromatic carbocycles. The number of carbonyl (C=O) groups excluding carboxylic acids is 1. The maximum atomic E-state index is 13.6. The third kappa shape index (κ3) is 3.98. The van der Waals surface area contributed by atoms with Crippen LogP contribution in [0.2, 0.25) is 0 Å². The van der Waals surface area contributed by atoms with Gasteiger partial charge in [-0.2, -0.15) is 0 Å². The fourth-order valence-electron chi connectivity index (χ4n) is 2.17. The van der Waals surface area contributed by atoms with Crippen molar-refractivity contribution >= 4 is 11.9 Å². The zero-order valence-electron chi connectivity index (χ0n) is 11.1. The molecule has 2 N–H and O–H groups in total. The molecule has 2 rings (SSSR count). The van der Waals surface area contributed by atoms with Gasteiger partial charge in [0.2, 0.25) is 5.91 Å². The Kier molecular flexibility index (Phi) is 4.85. The minimum atomic E-state index is -1.08.